The second-order valence-corrected chi connectivity index (χ2v) is 6.38. The molecule has 1 atom stereocenters. The molecule has 0 aromatic heterocycles. The van der Waals surface area contributed by atoms with E-state index in [0.717, 1.165) is 16.3 Å². The highest BCUT2D eigenvalue weighted by molar-refractivity contribution is 5.97. The molecule has 0 unspecified atom stereocenters. The normalized spacial score (nSPS) is 11.6. The Bertz CT molecular complexity index is 987. The van der Waals surface area contributed by atoms with E-state index in [9.17, 15) is 14.7 Å². The fourth-order valence-electron chi connectivity index (χ4n) is 2.90. The molecule has 0 aliphatic carbocycles. The van der Waals surface area contributed by atoms with Crippen molar-refractivity contribution in [1.29, 1.82) is 0 Å². The van der Waals surface area contributed by atoms with Crippen LogP contribution in [0, 0.1) is 0 Å². The van der Waals surface area contributed by atoms with Crippen LogP contribution in [-0.4, -0.2) is 36.7 Å². The predicted molar refractivity (Wildman–Crippen MR) is 108 cm³/mol. The van der Waals surface area contributed by atoms with Crippen molar-refractivity contribution in [2.24, 2.45) is 0 Å². The van der Waals surface area contributed by atoms with Crippen LogP contribution in [0.15, 0.2) is 66.7 Å². The number of rotatable bonds is 7. The van der Waals surface area contributed by atoms with Gasteiger partial charge in [-0.3, -0.25) is 9.59 Å². The van der Waals surface area contributed by atoms with Crippen molar-refractivity contribution in [2.75, 3.05) is 19.0 Å². The van der Waals surface area contributed by atoms with Crippen molar-refractivity contribution in [3.63, 3.8) is 0 Å². The van der Waals surface area contributed by atoms with Crippen LogP contribution in [0.25, 0.3) is 10.8 Å². The van der Waals surface area contributed by atoms with Crippen molar-refractivity contribution in [3.05, 3.63) is 72.3 Å². The van der Waals surface area contributed by atoms with Crippen LogP contribution in [0.2, 0.25) is 0 Å². The minimum Gasteiger partial charge on any atom is -0.497 e. The van der Waals surface area contributed by atoms with Crippen molar-refractivity contribution in [3.8, 4) is 5.75 Å². The van der Waals surface area contributed by atoms with Gasteiger partial charge in [-0.15, -0.1) is 0 Å². The number of ether oxygens (including phenoxy) is 1. The molecular formula is C22H22N2O4. The third-order valence-electron chi connectivity index (χ3n) is 4.35. The van der Waals surface area contributed by atoms with Gasteiger partial charge < -0.3 is 20.5 Å². The molecule has 2 amide bonds. The van der Waals surface area contributed by atoms with Gasteiger partial charge in [0.05, 0.1) is 20.1 Å². The van der Waals surface area contributed by atoms with Gasteiger partial charge in [-0.2, -0.15) is 0 Å². The summed E-state index contributed by atoms with van der Waals surface area (Å²) in [6.07, 6.45) is 0.119. The molecule has 0 aliphatic rings. The smallest absolute Gasteiger partial charge is 0.249 e. The fraction of sp³-hybridized carbons (Fsp3) is 0.182. The minimum atomic E-state index is -1.04. The summed E-state index contributed by atoms with van der Waals surface area (Å²) in [5, 5.41) is 16.9. The summed E-state index contributed by atoms with van der Waals surface area (Å²) in [6.45, 7) is -0.501. The highest BCUT2D eigenvalue weighted by Crippen LogP contribution is 2.17. The number of amides is 2. The maximum atomic E-state index is 12.4. The first-order valence-corrected chi connectivity index (χ1v) is 8.92. The van der Waals surface area contributed by atoms with Gasteiger partial charge in [-0.05, 0) is 28.5 Å². The van der Waals surface area contributed by atoms with Gasteiger partial charge in [-0.25, -0.2) is 0 Å². The first-order chi connectivity index (χ1) is 13.6. The number of nitrogens with one attached hydrogen (secondary N) is 2. The van der Waals surface area contributed by atoms with Crippen LogP contribution in [0.4, 0.5) is 5.69 Å². The molecule has 3 rings (SSSR count). The average molecular weight is 378 g/mol. The highest BCUT2D eigenvalue weighted by atomic mass is 16.5. The summed E-state index contributed by atoms with van der Waals surface area (Å²) in [4.78, 5) is 24.7. The zero-order valence-electron chi connectivity index (χ0n) is 15.5. The number of aliphatic hydroxyl groups excluding tert-OH is 1. The molecule has 0 saturated carbocycles. The Kier molecular flexibility index (Phi) is 6.24. The monoisotopic (exact) mass is 378 g/mol. The number of carbonyl (C=O) groups is 2. The van der Waals surface area contributed by atoms with Gasteiger partial charge in [0, 0.05) is 11.8 Å². The molecule has 0 aliphatic heterocycles. The fourth-order valence-corrected chi connectivity index (χ4v) is 2.90. The Morgan fingerprint density at radius 1 is 1.00 bits per heavy atom. The van der Waals surface area contributed by atoms with Crippen LogP contribution in [0.1, 0.15) is 5.56 Å². The first-order valence-electron chi connectivity index (χ1n) is 8.92. The van der Waals surface area contributed by atoms with Gasteiger partial charge in [0.25, 0.3) is 0 Å². The van der Waals surface area contributed by atoms with Crippen molar-refractivity contribution >= 4 is 28.3 Å². The summed E-state index contributed by atoms with van der Waals surface area (Å²) in [5.74, 6) is -0.239. The molecule has 0 heterocycles. The number of anilines is 1. The second kappa shape index (κ2) is 9.01. The number of hydrogen-bond donors (Lipinski definition) is 3. The molecule has 0 spiro atoms. The van der Waals surface area contributed by atoms with E-state index >= 15 is 0 Å². The molecule has 28 heavy (non-hydrogen) atoms. The molecule has 0 bridgehead atoms. The SMILES string of the molecule is COc1cccc(NC(=O)[C@H](CO)NC(=O)Cc2ccc3ccccc3c2)c1. The maximum absolute atomic E-state index is 12.4. The van der Waals surface area contributed by atoms with E-state index in [4.69, 9.17) is 4.74 Å². The van der Waals surface area contributed by atoms with Crippen molar-refractivity contribution < 1.29 is 19.4 Å². The minimum absolute atomic E-state index is 0.119. The third-order valence-corrected chi connectivity index (χ3v) is 4.35. The number of hydrogen-bond acceptors (Lipinski definition) is 4. The number of aliphatic hydroxyl groups is 1. The van der Waals surface area contributed by atoms with Crippen molar-refractivity contribution in [2.45, 2.75) is 12.5 Å². The highest BCUT2D eigenvalue weighted by Gasteiger charge is 2.20. The van der Waals surface area contributed by atoms with Crippen LogP contribution >= 0.6 is 0 Å². The topological polar surface area (TPSA) is 87.7 Å². The Hall–Kier alpha value is -3.38. The van der Waals surface area contributed by atoms with E-state index in [1.807, 2.05) is 42.5 Å². The Balaban J connectivity index is 1.62. The summed E-state index contributed by atoms with van der Waals surface area (Å²) in [7, 11) is 1.53. The van der Waals surface area contributed by atoms with E-state index in [1.54, 1.807) is 24.3 Å². The largest absolute Gasteiger partial charge is 0.497 e. The number of fused-ring (bicyclic) bond motifs is 1. The number of carbonyl (C=O) groups excluding carboxylic acids is 2. The Labute approximate surface area is 163 Å². The first kappa shape index (κ1) is 19.4. The summed E-state index contributed by atoms with van der Waals surface area (Å²) < 4.78 is 5.11. The summed E-state index contributed by atoms with van der Waals surface area (Å²) in [6, 6.07) is 19.5. The molecule has 3 aromatic rings. The van der Waals surface area contributed by atoms with Gasteiger partial charge in [0.2, 0.25) is 11.8 Å². The molecule has 3 N–H and O–H groups in total. The third kappa shape index (κ3) is 4.86. The predicted octanol–water partition coefficient (Wildman–Crippen LogP) is 2.51. The van der Waals surface area contributed by atoms with E-state index in [1.165, 1.54) is 7.11 Å². The van der Waals surface area contributed by atoms with Crippen LogP contribution in [0.3, 0.4) is 0 Å². The average Bonchev–Trinajstić information content (AvgIpc) is 2.72. The molecule has 0 radical (unpaired) electrons. The van der Waals surface area contributed by atoms with Gasteiger partial charge in [0.15, 0.2) is 0 Å². The summed E-state index contributed by atoms with van der Waals surface area (Å²) in [5.41, 5.74) is 1.35. The van der Waals surface area contributed by atoms with Crippen LogP contribution in [-0.2, 0) is 16.0 Å². The van der Waals surface area contributed by atoms with E-state index < -0.39 is 18.6 Å². The van der Waals surface area contributed by atoms with Gasteiger partial charge in [-0.1, -0.05) is 48.5 Å². The van der Waals surface area contributed by atoms with Crippen LogP contribution in [0.5, 0.6) is 5.75 Å². The van der Waals surface area contributed by atoms with E-state index in [2.05, 4.69) is 10.6 Å². The summed E-state index contributed by atoms with van der Waals surface area (Å²) >= 11 is 0. The van der Waals surface area contributed by atoms with E-state index in [0.29, 0.717) is 11.4 Å². The second-order valence-electron chi connectivity index (χ2n) is 6.38. The zero-order chi connectivity index (χ0) is 19.9. The quantitative estimate of drug-likeness (QED) is 0.590. The zero-order valence-corrected chi connectivity index (χ0v) is 15.5. The van der Waals surface area contributed by atoms with Crippen LogP contribution < -0.4 is 15.4 Å². The molecule has 0 fully saturated rings. The van der Waals surface area contributed by atoms with Gasteiger partial charge >= 0.3 is 0 Å². The lowest BCUT2D eigenvalue weighted by Crippen LogP contribution is -2.46. The molecule has 144 valence electrons. The van der Waals surface area contributed by atoms with E-state index in [-0.39, 0.29) is 12.3 Å². The lowest BCUT2D eigenvalue weighted by molar-refractivity contribution is -0.126. The lowest BCUT2D eigenvalue weighted by atomic mass is 10.0. The molecule has 6 heteroatoms. The molecule has 6 nitrogen and oxygen atoms in total. The molecule has 0 saturated heterocycles. The molecular weight excluding hydrogens is 356 g/mol. The number of benzene rings is 3. The molecule has 3 aromatic carbocycles. The maximum Gasteiger partial charge on any atom is 0.249 e. The Morgan fingerprint density at radius 3 is 2.54 bits per heavy atom. The van der Waals surface area contributed by atoms with Crippen molar-refractivity contribution in [1.82, 2.24) is 5.32 Å². The Morgan fingerprint density at radius 2 is 1.79 bits per heavy atom. The van der Waals surface area contributed by atoms with Gasteiger partial charge in [0.1, 0.15) is 11.8 Å². The standard InChI is InChI=1S/C22H22N2O4/c1-28-19-8-4-7-18(13-19)23-22(27)20(14-25)24-21(26)12-15-9-10-16-5-2-3-6-17(16)11-15/h2-11,13,20,25H,12,14H2,1H3,(H,23,27)(H,24,26)/t20-/m0/s1. The lowest BCUT2D eigenvalue weighted by Gasteiger charge is -2.16. The number of methoxy groups -OCH3 is 1.